The molecule has 0 unspecified atom stereocenters. The van der Waals surface area contributed by atoms with Crippen LogP contribution in [0.1, 0.15) is 24.3 Å². The number of ether oxygens (including phenoxy) is 2. The van der Waals surface area contributed by atoms with Crippen LogP contribution in [0.3, 0.4) is 0 Å². The zero-order valence-corrected chi connectivity index (χ0v) is 21.2. The highest BCUT2D eigenvalue weighted by atomic mass is 35.5. The first kappa shape index (κ1) is 23.6. The molecule has 0 N–H and O–H groups in total. The summed E-state index contributed by atoms with van der Waals surface area (Å²) in [4.78, 5) is 19.3. The second kappa shape index (κ2) is 10.2. The van der Waals surface area contributed by atoms with E-state index >= 15 is 0 Å². The molecule has 0 saturated carbocycles. The van der Waals surface area contributed by atoms with Crippen LogP contribution in [-0.4, -0.2) is 39.6 Å². The molecule has 0 spiro atoms. The number of thiophene rings is 1. The Bertz CT molecular complexity index is 1330. The molecule has 1 aliphatic heterocycles. The Kier molecular flexibility index (Phi) is 6.90. The maximum absolute atomic E-state index is 11.1. The number of benzene rings is 2. The van der Waals surface area contributed by atoms with Crippen molar-refractivity contribution in [1.82, 2.24) is 14.5 Å². The van der Waals surface area contributed by atoms with Crippen molar-refractivity contribution < 1.29 is 14.3 Å². The van der Waals surface area contributed by atoms with E-state index in [0.29, 0.717) is 10.8 Å². The highest BCUT2D eigenvalue weighted by Gasteiger charge is 2.29. The summed E-state index contributed by atoms with van der Waals surface area (Å²) in [7, 11) is 0. The minimum atomic E-state index is -0.211. The van der Waals surface area contributed by atoms with E-state index in [1.807, 2.05) is 61.1 Å². The third-order valence-corrected chi connectivity index (χ3v) is 7.34. The van der Waals surface area contributed by atoms with Gasteiger partial charge in [-0.1, -0.05) is 36.7 Å². The molecule has 0 bridgehead atoms. The summed E-state index contributed by atoms with van der Waals surface area (Å²) < 4.78 is 13.2. The van der Waals surface area contributed by atoms with Crippen molar-refractivity contribution in [3.8, 4) is 27.8 Å². The van der Waals surface area contributed by atoms with Crippen molar-refractivity contribution in [1.29, 1.82) is 0 Å². The molecule has 3 heterocycles. The Morgan fingerprint density at radius 3 is 2.69 bits per heavy atom. The normalized spacial score (nSPS) is 14.0. The number of aromatic nitrogens is 2. The van der Waals surface area contributed by atoms with Crippen LogP contribution in [-0.2, 0) is 22.5 Å². The molecule has 0 radical (unpaired) electrons. The maximum Gasteiger partial charge on any atom is 0.302 e. The first-order valence-electron chi connectivity index (χ1n) is 11.6. The molecule has 8 heteroatoms. The van der Waals surface area contributed by atoms with E-state index in [9.17, 15) is 4.79 Å². The topological polar surface area (TPSA) is 56.6 Å². The number of halogens is 1. The minimum Gasteiger partial charge on any atom is -0.460 e. The van der Waals surface area contributed by atoms with Gasteiger partial charge in [0.15, 0.2) is 0 Å². The fourth-order valence-electron chi connectivity index (χ4n) is 4.15. The van der Waals surface area contributed by atoms with Gasteiger partial charge >= 0.3 is 5.97 Å². The first-order valence-corrected chi connectivity index (χ1v) is 12.8. The van der Waals surface area contributed by atoms with E-state index in [1.165, 1.54) is 22.4 Å². The first-order chi connectivity index (χ1) is 17.0. The highest BCUT2D eigenvalue weighted by molar-refractivity contribution is 7.14. The van der Waals surface area contributed by atoms with Crippen LogP contribution in [0, 0.1) is 0 Å². The summed E-state index contributed by atoms with van der Waals surface area (Å²) in [5, 5.41) is 1.71. The molecule has 4 aromatic rings. The van der Waals surface area contributed by atoms with Gasteiger partial charge in [0.2, 0.25) is 0 Å². The zero-order valence-electron chi connectivity index (χ0n) is 19.6. The predicted octanol–water partition coefficient (Wildman–Crippen LogP) is 6.36. The van der Waals surface area contributed by atoms with E-state index in [2.05, 4.69) is 27.4 Å². The lowest BCUT2D eigenvalue weighted by Gasteiger charge is -2.37. The van der Waals surface area contributed by atoms with Gasteiger partial charge in [-0.2, -0.15) is 0 Å². The molecule has 0 atom stereocenters. The molecule has 1 aliphatic rings. The second-order valence-corrected chi connectivity index (χ2v) is 10.1. The number of hydrogen-bond acceptors (Lipinski definition) is 6. The Morgan fingerprint density at radius 2 is 1.97 bits per heavy atom. The van der Waals surface area contributed by atoms with Crippen LogP contribution in [0.5, 0.6) is 11.5 Å². The van der Waals surface area contributed by atoms with Gasteiger partial charge in [-0.05, 0) is 48.4 Å². The van der Waals surface area contributed by atoms with E-state index in [-0.39, 0.29) is 12.1 Å². The van der Waals surface area contributed by atoms with E-state index in [4.69, 9.17) is 21.1 Å². The van der Waals surface area contributed by atoms with Crippen LogP contribution in [0.4, 0.5) is 0 Å². The third-order valence-electron chi connectivity index (χ3n) is 5.87. The van der Waals surface area contributed by atoms with Crippen LogP contribution < -0.4 is 4.74 Å². The number of likely N-dealkylation sites (tertiary alicyclic amines) is 1. The Hall–Kier alpha value is -3.13. The standard InChI is InChI=1S/C27H26ClN3O3S/c1-3-19-11-23(15-30-13-22(14-30)33-18(2)32)35-27(19)31-16-25(29-17-31)20-9-10-26(24(28)12-20)34-21-7-5-4-6-8-21/h4-12,16-17,22H,3,13-15H2,1-2H3. The molecule has 0 aliphatic carbocycles. The van der Waals surface area contributed by atoms with Gasteiger partial charge in [0.05, 0.1) is 10.7 Å². The van der Waals surface area contributed by atoms with Gasteiger partial charge in [-0.25, -0.2) is 4.98 Å². The van der Waals surface area contributed by atoms with Crippen LogP contribution >= 0.6 is 22.9 Å². The van der Waals surface area contributed by atoms with Gasteiger partial charge < -0.3 is 9.47 Å². The molecular weight excluding hydrogens is 482 g/mol. The number of rotatable bonds is 8. The van der Waals surface area contributed by atoms with E-state index in [1.54, 1.807) is 11.3 Å². The molecular formula is C27H26ClN3O3S. The van der Waals surface area contributed by atoms with E-state index < -0.39 is 0 Å². The van der Waals surface area contributed by atoms with Crippen molar-refractivity contribution >= 4 is 28.9 Å². The Labute approximate surface area is 213 Å². The number of imidazole rings is 1. The average molecular weight is 508 g/mol. The molecule has 35 heavy (non-hydrogen) atoms. The number of aryl methyl sites for hydroxylation is 1. The summed E-state index contributed by atoms with van der Waals surface area (Å²) in [6.45, 7) is 6.05. The largest absolute Gasteiger partial charge is 0.460 e. The smallest absolute Gasteiger partial charge is 0.302 e. The van der Waals surface area contributed by atoms with Crippen molar-refractivity contribution in [2.45, 2.75) is 32.9 Å². The molecule has 2 aromatic heterocycles. The second-order valence-electron chi connectivity index (χ2n) is 8.55. The van der Waals surface area contributed by atoms with Crippen molar-refractivity contribution in [3.63, 3.8) is 0 Å². The van der Waals surface area contributed by atoms with Gasteiger partial charge in [0.25, 0.3) is 0 Å². The number of carbonyl (C=O) groups is 1. The summed E-state index contributed by atoms with van der Waals surface area (Å²) in [5.74, 6) is 1.14. The van der Waals surface area contributed by atoms with Crippen molar-refractivity contribution in [2.24, 2.45) is 0 Å². The third kappa shape index (κ3) is 5.42. The molecule has 1 saturated heterocycles. The maximum atomic E-state index is 11.1. The van der Waals surface area contributed by atoms with Gasteiger partial charge in [-0.15, -0.1) is 11.3 Å². The fraction of sp³-hybridized carbons (Fsp3) is 0.259. The average Bonchev–Trinajstić information content (AvgIpc) is 3.46. The molecule has 2 aromatic carbocycles. The SMILES string of the molecule is CCc1cc(CN2CC(OC(C)=O)C2)sc1-n1cnc(-c2ccc(Oc3ccccc3)c(Cl)c2)c1. The number of carbonyl (C=O) groups excluding carboxylic acids is 1. The summed E-state index contributed by atoms with van der Waals surface area (Å²) in [6, 6.07) is 17.6. The number of esters is 1. The molecule has 6 nitrogen and oxygen atoms in total. The van der Waals surface area contributed by atoms with E-state index in [0.717, 1.165) is 43.1 Å². The summed E-state index contributed by atoms with van der Waals surface area (Å²) in [6.07, 6.45) is 4.85. The molecule has 180 valence electrons. The molecule has 1 fully saturated rings. The Balaban J connectivity index is 1.29. The van der Waals surface area contributed by atoms with Crippen LogP contribution in [0.2, 0.25) is 5.02 Å². The zero-order chi connectivity index (χ0) is 24.4. The number of para-hydroxylation sites is 1. The quantitative estimate of drug-likeness (QED) is 0.260. The van der Waals surface area contributed by atoms with Crippen LogP contribution in [0.15, 0.2) is 67.1 Å². The minimum absolute atomic E-state index is 0.0186. The Morgan fingerprint density at radius 1 is 1.17 bits per heavy atom. The lowest BCUT2D eigenvalue weighted by Crippen LogP contribution is -2.51. The predicted molar refractivity (Wildman–Crippen MR) is 139 cm³/mol. The summed E-state index contributed by atoms with van der Waals surface area (Å²) >= 11 is 8.29. The van der Waals surface area contributed by atoms with Gasteiger partial charge in [0, 0.05) is 43.2 Å². The number of hydrogen-bond donors (Lipinski definition) is 0. The highest BCUT2D eigenvalue weighted by Crippen LogP contribution is 2.34. The molecule has 0 amide bonds. The van der Waals surface area contributed by atoms with Gasteiger partial charge in [-0.3, -0.25) is 14.3 Å². The lowest BCUT2D eigenvalue weighted by atomic mass is 10.1. The van der Waals surface area contributed by atoms with Crippen LogP contribution in [0.25, 0.3) is 16.3 Å². The number of nitrogens with zero attached hydrogens (tertiary/aromatic N) is 3. The van der Waals surface area contributed by atoms with Gasteiger partial charge in [0.1, 0.15) is 28.9 Å². The summed E-state index contributed by atoms with van der Waals surface area (Å²) in [5.41, 5.74) is 3.07. The monoisotopic (exact) mass is 507 g/mol. The lowest BCUT2D eigenvalue weighted by molar-refractivity contribution is -0.155. The van der Waals surface area contributed by atoms with Crippen molar-refractivity contribution in [3.05, 3.63) is 82.6 Å². The fourth-order valence-corrected chi connectivity index (χ4v) is 5.60. The molecule has 5 rings (SSSR count). The van der Waals surface area contributed by atoms with Crippen molar-refractivity contribution in [2.75, 3.05) is 13.1 Å².